The zero-order valence-corrected chi connectivity index (χ0v) is 12.9. The number of aliphatic hydroxyl groups is 1. The lowest BCUT2D eigenvalue weighted by molar-refractivity contribution is 0.0927. The van der Waals surface area contributed by atoms with Gasteiger partial charge in [0.2, 0.25) is 0 Å². The average molecular weight is 285 g/mol. The van der Waals surface area contributed by atoms with Gasteiger partial charge in [0.25, 0.3) is 5.91 Å². The van der Waals surface area contributed by atoms with Crippen LogP contribution < -0.4 is 5.32 Å². The van der Waals surface area contributed by atoms with Crippen LogP contribution in [-0.2, 0) is 0 Å². The van der Waals surface area contributed by atoms with Gasteiger partial charge in [-0.05, 0) is 49.3 Å². The first-order valence-electron chi connectivity index (χ1n) is 7.54. The quantitative estimate of drug-likeness (QED) is 0.820. The minimum Gasteiger partial charge on any atom is -0.384 e. The molecular weight excluding hydrogens is 262 g/mol. The lowest BCUT2D eigenvalue weighted by Crippen LogP contribution is -2.37. The van der Waals surface area contributed by atoms with E-state index in [9.17, 15) is 4.79 Å². The van der Waals surface area contributed by atoms with E-state index in [-0.39, 0.29) is 18.6 Å². The van der Waals surface area contributed by atoms with Gasteiger partial charge in [-0.15, -0.1) is 0 Å². The van der Waals surface area contributed by atoms with E-state index in [1.54, 1.807) is 6.07 Å². The molecule has 0 bridgehead atoms. The van der Waals surface area contributed by atoms with Gasteiger partial charge in [0, 0.05) is 17.2 Å². The van der Waals surface area contributed by atoms with Gasteiger partial charge in [-0.2, -0.15) is 0 Å². The first-order valence-corrected chi connectivity index (χ1v) is 7.54. The Kier molecular flexibility index (Phi) is 5.03. The molecule has 1 amide bonds. The Labute approximate surface area is 126 Å². The van der Waals surface area contributed by atoms with Crippen molar-refractivity contribution in [2.24, 2.45) is 11.8 Å². The molecule has 0 heterocycles. The Bertz CT molecular complexity index is 583. The molecule has 1 aliphatic rings. The maximum absolute atomic E-state index is 12.4. The number of benzene rings is 1. The zero-order chi connectivity index (χ0) is 15.4. The van der Waals surface area contributed by atoms with Crippen LogP contribution in [0.25, 0.3) is 0 Å². The van der Waals surface area contributed by atoms with Gasteiger partial charge in [-0.3, -0.25) is 4.79 Å². The predicted molar refractivity (Wildman–Crippen MR) is 84.0 cm³/mol. The molecule has 2 N–H and O–H groups in total. The van der Waals surface area contributed by atoms with Crippen molar-refractivity contribution in [3.05, 3.63) is 34.9 Å². The molecule has 2 rings (SSSR count). The second kappa shape index (κ2) is 6.78. The SMILES string of the molecule is Cc1ccc(C(=O)NC2CCC(C)C2C)cc1C#CCO. The normalized spacial score (nSPS) is 24.3. The van der Waals surface area contributed by atoms with E-state index in [4.69, 9.17) is 5.11 Å². The molecule has 0 radical (unpaired) electrons. The standard InChI is InChI=1S/C18H23NO2/c1-12-7-9-17(14(12)3)19-18(21)16-8-6-13(2)15(11-16)5-4-10-20/h6,8,11-12,14,17,20H,7,9-10H2,1-3H3,(H,19,21). The molecule has 3 nitrogen and oxygen atoms in total. The molecule has 0 aliphatic heterocycles. The smallest absolute Gasteiger partial charge is 0.251 e. The van der Waals surface area contributed by atoms with Crippen LogP contribution in [0.15, 0.2) is 18.2 Å². The van der Waals surface area contributed by atoms with Crippen molar-refractivity contribution in [3.63, 3.8) is 0 Å². The Morgan fingerprint density at radius 2 is 2.14 bits per heavy atom. The van der Waals surface area contributed by atoms with Crippen molar-refractivity contribution in [2.75, 3.05) is 6.61 Å². The van der Waals surface area contributed by atoms with Gasteiger partial charge >= 0.3 is 0 Å². The molecule has 0 aromatic heterocycles. The number of amides is 1. The molecule has 1 fully saturated rings. The van der Waals surface area contributed by atoms with E-state index in [1.165, 1.54) is 6.42 Å². The fraction of sp³-hybridized carbons (Fsp3) is 0.500. The van der Waals surface area contributed by atoms with E-state index in [0.717, 1.165) is 17.5 Å². The Morgan fingerprint density at radius 1 is 1.38 bits per heavy atom. The fourth-order valence-electron chi connectivity index (χ4n) is 2.85. The van der Waals surface area contributed by atoms with Crippen LogP contribution in [0, 0.1) is 30.6 Å². The van der Waals surface area contributed by atoms with Crippen LogP contribution in [0.4, 0.5) is 0 Å². The molecule has 1 aliphatic carbocycles. The second-order valence-electron chi connectivity index (χ2n) is 5.98. The third-order valence-electron chi connectivity index (χ3n) is 4.58. The largest absolute Gasteiger partial charge is 0.384 e. The van der Waals surface area contributed by atoms with Gasteiger partial charge in [-0.25, -0.2) is 0 Å². The van der Waals surface area contributed by atoms with Crippen molar-refractivity contribution >= 4 is 5.91 Å². The minimum absolute atomic E-state index is 0.0343. The second-order valence-corrected chi connectivity index (χ2v) is 5.98. The summed E-state index contributed by atoms with van der Waals surface area (Å²) in [6, 6.07) is 5.80. The summed E-state index contributed by atoms with van der Waals surface area (Å²) >= 11 is 0. The summed E-state index contributed by atoms with van der Waals surface area (Å²) in [5.74, 6) is 6.67. The van der Waals surface area contributed by atoms with Gasteiger partial charge < -0.3 is 10.4 Å². The first-order chi connectivity index (χ1) is 10.0. The van der Waals surface area contributed by atoms with Crippen molar-refractivity contribution < 1.29 is 9.90 Å². The maximum atomic E-state index is 12.4. The number of nitrogens with one attached hydrogen (secondary N) is 1. The Hall–Kier alpha value is -1.79. The highest BCUT2D eigenvalue weighted by Gasteiger charge is 2.30. The molecule has 3 heteroatoms. The first kappa shape index (κ1) is 15.6. The Balaban J connectivity index is 2.12. The number of hydrogen-bond donors (Lipinski definition) is 2. The van der Waals surface area contributed by atoms with Crippen LogP contribution in [0.3, 0.4) is 0 Å². The lowest BCUT2D eigenvalue weighted by atomic mass is 9.97. The predicted octanol–water partition coefficient (Wildman–Crippen LogP) is 2.50. The van der Waals surface area contributed by atoms with E-state index in [0.29, 0.717) is 17.4 Å². The maximum Gasteiger partial charge on any atom is 0.251 e. The number of rotatable bonds is 2. The van der Waals surface area contributed by atoms with Gasteiger partial charge in [0.1, 0.15) is 6.61 Å². The van der Waals surface area contributed by atoms with Crippen LogP contribution >= 0.6 is 0 Å². The molecule has 1 aromatic carbocycles. The number of hydrogen-bond acceptors (Lipinski definition) is 2. The molecule has 1 aromatic rings. The summed E-state index contributed by atoms with van der Waals surface area (Å²) in [6.07, 6.45) is 2.23. The molecule has 3 atom stereocenters. The summed E-state index contributed by atoms with van der Waals surface area (Å²) in [5, 5.41) is 11.9. The van der Waals surface area contributed by atoms with Gasteiger partial charge in [0.05, 0.1) is 0 Å². The number of carbonyl (C=O) groups is 1. The minimum atomic E-state index is -0.173. The summed E-state index contributed by atoms with van der Waals surface area (Å²) in [5.41, 5.74) is 2.44. The van der Waals surface area contributed by atoms with Gasteiger partial charge in [0.15, 0.2) is 0 Å². The summed E-state index contributed by atoms with van der Waals surface area (Å²) in [4.78, 5) is 12.4. The molecule has 0 saturated heterocycles. The lowest BCUT2D eigenvalue weighted by Gasteiger charge is -2.19. The third kappa shape index (κ3) is 3.65. The van der Waals surface area contributed by atoms with Crippen molar-refractivity contribution in [2.45, 2.75) is 39.7 Å². The van der Waals surface area contributed by atoms with Crippen LogP contribution in [-0.4, -0.2) is 23.7 Å². The molecule has 21 heavy (non-hydrogen) atoms. The van der Waals surface area contributed by atoms with E-state index >= 15 is 0 Å². The van der Waals surface area contributed by atoms with E-state index in [1.807, 2.05) is 19.1 Å². The highest BCUT2D eigenvalue weighted by Crippen LogP contribution is 2.31. The Morgan fingerprint density at radius 3 is 2.76 bits per heavy atom. The molecule has 0 spiro atoms. The monoisotopic (exact) mass is 285 g/mol. The highest BCUT2D eigenvalue weighted by molar-refractivity contribution is 5.94. The zero-order valence-electron chi connectivity index (χ0n) is 12.9. The summed E-state index contributed by atoms with van der Waals surface area (Å²) in [6.45, 7) is 6.22. The van der Waals surface area contributed by atoms with Crippen molar-refractivity contribution in [1.82, 2.24) is 5.32 Å². The number of aliphatic hydroxyl groups excluding tert-OH is 1. The van der Waals surface area contributed by atoms with Crippen LogP contribution in [0.2, 0.25) is 0 Å². The van der Waals surface area contributed by atoms with Crippen LogP contribution in [0.5, 0.6) is 0 Å². The number of aryl methyl sites for hydroxylation is 1. The molecular formula is C18H23NO2. The average Bonchev–Trinajstić information content (AvgIpc) is 2.78. The van der Waals surface area contributed by atoms with Crippen molar-refractivity contribution in [3.8, 4) is 11.8 Å². The van der Waals surface area contributed by atoms with E-state index < -0.39 is 0 Å². The number of carbonyl (C=O) groups excluding carboxylic acids is 1. The van der Waals surface area contributed by atoms with Gasteiger partial charge in [-0.1, -0.05) is 31.8 Å². The molecule has 112 valence electrons. The third-order valence-corrected chi connectivity index (χ3v) is 4.58. The fourth-order valence-corrected chi connectivity index (χ4v) is 2.85. The van der Waals surface area contributed by atoms with Crippen molar-refractivity contribution in [1.29, 1.82) is 0 Å². The molecule has 1 saturated carbocycles. The van der Waals surface area contributed by atoms with E-state index in [2.05, 4.69) is 31.0 Å². The topological polar surface area (TPSA) is 49.3 Å². The van der Waals surface area contributed by atoms with Crippen LogP contribution in [0.1, 0.15) is 48.2 Å². The summed E-state index contributed by atoms with van der Waals surface area (Å²) in [7, 11) is 0. The molecule has 3 unspecified atom stereocenters. The summed E-state index contributed by atoms with van der Waals surface area (Å²) < 4.78 is 0. The highest BCUT2D eigenvalue weighted by atomic mass is 16.2.